The average molecular weight is 599 g/mol. The molecule has 236 valence electrons. The Labute approximate surface area is 252 Å². The number of nitrogens with two attached hydrogens (primary N) is 5. The second-order valence-electron chi connectivity index (χ2n) is 11.2. The maximum Gasteiger partial charge on any atom is 0.244 e. The summed E-state index contributed by atoms with van der Waals surface area (Å²) in [7, 11) is 0. The van der Waals surface area contributed by atoms with E-state index in [0.717, 1.165) is 5.56 Å². The number of nitrogens with one attached hydrogen (secondary N) is 3. The van der Waals surface area contributed by atoms with Gasteiger partial charge in [0.2, 0.25) is 23.6 Å². The van der Waals surface area contributed by atoms with Crippen molar-refractivity contribution in [2.24, 2.45) is 45.5 Å². The molecule has 4 amide bonds. The van der Waals surface area contributed by atoms with Crippen LogP contribution in [0.5, 0.6) is 0 Å². The summed E-state index contributed by atoms with van der Waals surface area (Å²) in [6.45, 7) is 4.22. The van der Waals surface area contributed by atoms with Gasteiger partial charge >= 0.3 is 0 Å². The fourth-order valence-corrected chi connectivity index (χ4v) is 4.92. The van der Waals surface area contributed by atoms with Gasteiger partial charge in [0.25, 0.3) is 0 Å². The van der Waals surface area contributed by atoms with Crippen molar-refractivity contribution < 1.29 is 19.2 Å². The lowest BCUT2D eigenvalue weighted by Crippen LogP contribution is -2.67. The van der Waals surface area contributed by atoms with Crippen molar-refractivity contribution in [3.63, 3.8) is 0 Å². The molecule has 0 saturated carbocycles. The van der Waals surface area contributed by atoms with Crippen LogP contribution in [-0.2, 0) is 32.0 Å². The van der Waals surface area contributed by atoms with Crippen LogP contribution in [0.25, 0.3) is 0 Å². The maximum atomic E-state index is 13.9. The first-order valence-corrected chi connectivity index (χ1v) is 14.4. The van der Waals surface area contributed by atoms with Gasteiger partial charge in [0, 0.05) is 24.9 Å². The minimum atomic E-state index is -1.85. The zero-order valence-electron chi connectivity index (χ0n) is 24.9. The van der Waals surface area contributed by atoms with Gasteiger partial charge in [0.15, 0.2) is 5.96 Å². The summed E-state index contributed by atoms with van der Waals surface area (Å²) < 4.78 is 0. The van der Waals surface area contributed by atoms with Crippen molar-refractivity contribution in [3.8, 4) is 0 Å². The predicted molar refractivity (Wildman–Crippen MR) is 164 cm³/mol. The van der Waals surface area contributed by atoms with E-state index >= 15 is 0 Å². The van der Waals surface area contributed by atoms with Crippen molar-refractivity contribution in [2.45, 2.75) is 76.4 Å². The fraction of sp³-hybridized carbons (Fsp3) is 0.517. The van der Waals surface area contributed by atoms with Gasteiger partial charge in [-0.25, -0.2) is 4.98 Å². The summed E-state index contributed by atoms with van der Waals surface area (Å²) in [6, 6.07) is 7.10. The van der Waals surface area contributed by atoms with E-state index in [9.17, 15) is 19.2 Å². The summed E-state index contributed by atoms with van der Waals surface area (Å²) in [4.78, 5) is 63.9. The van der Waals surface area contributed by atoms with E-state index in [-0.39, 0.29) is 44.1 Å². The SMILES string of the molecule is CC(C)CCCC(NC(=O)[C@@H](CCCN=C(N)N)NC(=O)[C@@H](N)Cc1ccccc1)(C(N)=O)[C@H](Cc1cnc[nH]1)C(N)=O. The van der Waals surface area contributed by atoms with Gasteiger partial charge in [0.1, 0.15) is 11.6 Å². The molecule has 14 heteroatoms. The standard InChI is InChI=1S/C29H46N10O4/c1-18(2)8-6-12-29(27(32)43,21(24(31)40)15-20-16-35-17-37-20)39-26(42)23(11-7-13-36-28(33)34)38-25(41)22(30)14-19-9-4-3-5-10-19/h3-5,9-10,16-18,21-23H,6-8,11-15,30H2,1-2H3,(H2,31,40)(H2,32,43)(H,35,37)(H,38,41)(H,39,42)(H4,33,34,36)/t21-,22+,23-,29?/m1/s1. The Morgan fingerprint density at radius 1 is 0.977 bits per heavy atom. The van der Waals surface area contributed by atoms with Gasteiger partial charge < -0.3 is 44.3 Å². The number of nitrogens with zero attached hydrogens (tertiary/aromatic N) is 2. The summed E-state index contributed by atoms with van der Waals surface area (Å²) >= 11 is 0. The number of amides is 4. The van der Waals surface area contributed by atoms with Crippen molar-refractivity contribution in [1.82, 2.24) is 20.6 Å². The summed E-state index contributed by atoms with van der Waals surface area (Å²) in [5.74, 6) is -4.07. The molecule has 1 aromatic heterocycles. The minimum Gasteiger partial charge on any atom is -0.370 e. The Hall–Kier alpha value is -4.46. The average Bonchev–Trinajstić information content (AvgIpc) is 3.46. The zero-order valence-corrected chi connectivity index (χ0v) is 24.9. The summed E-state index contributed by atoms with van der Waals surface area (Å²) in [5.41, 5.74) is 28.3. The zero-order chi connectivity index (χ0) is 32.0. The molecular formula is C29H46N10O4. The molecule has 1 heterocycles. The van der Waals surface area contributed by atoms with E-state index < -0.39 is 47.2 Å². The highest BCUT2D eigenvalue weighted by Crippen LogP contribution is 2.29. The van der Waals surface area contributed by atoms with Crippen LogP contribution in [0.15, 0.2) is 47.8 Å². The number of rotatable bonds is 19. The van der Waals surface area contributed by atoms with Crippen LogP contribution >= 0.6 is 0 Å². The second-order valence-corrected chi connectivity index (χ2v) is 11.2. The molecule has 2 aromatic rings. The van der Waals surface area contributed by atoms with Crippen LogP contribution in [0.3, 0.4) is 0 Å². The van der Waals surface area contributed by atoms with Crippen LogP contribution in [0.4, 0.5) is 0 Å². The molecule has 0 aliphatic heterocycles. The number of aromatic nitrogens is 2. The molecule has 0 aliphatic carbocycles. The van der Waals surface area contributed by atoms with Crippen molar-refractivity contribution in [3.05, 3.63) is 54.1 Å². The molecule has 43 heavy (non-hydrogen) atoms. The molecule has 14 nitrogen and oxygen atoms in total. The van der Waals surface area contributed by atoms with Crippen molar-refractivity contribution in [2.75, 3.05) is 6.54 Å². The molecule has 1 unspecified atom stereocenters. The summed E-state index contributed by atoms with van der Waals surface area (Å²) in [6.07, 6.45) is 4.79. The molecule has 13 N–H and O–H groups in total. The third kappa shape index (κ3) is 11.0. The Morgan fingerprint density at radius 2 is 1.67 bits per heavy atom. The number of carbonyl (C=O) groups is 4. The minimum absolute atomic E-state index is 0.0241. The fourth-order valence-electron chi connectivity index (χ4n) is 4.92. The molecule has 1 aromatic carbocycles. The van der Waals surface area contributed by atoms with Crippen LogP contribution < -0.4 is 39.3 Å². The predicted octanol–water partition coefficient (Wildman–Crippen LogP) is -0.671. The Kier molecular flexibility index (Phi) is 13.6. The van der Waals surface area contributed by atoms with Crippen molar-refractivity contribution in [1.29, 1.82) is 0 Å². The number of aromatic amines is 1. The number of benzene rings is 1. The first kappa shape index (κ1) is 34.7. The van der Waals surface area contributed by atoms with E-state index in [2.05, 4.69) is 25.6 Å². The first-order valence-electron chi connectivity index (χ1n) is 14.4. The number of primary amides is 2. The molecule has 0 fully saturated rings. The molecular weight excluding hydrogens is 552 g/mol. The van der Waals surface area contributed by atoms with Gasteiger partial charge in [-0.2, -0.15) is 0 Å². The molecule has 0 saturated heterocycles. The maximum absolute atomic E-state index is 13.9. The number of H-pyrrole nitrogens is 1. The quantitative estimate of drug-likeness (QED) is 0.0582. The monoisotopic (exact) mass is 598 g/mol. The smallest absolute Gasteiger partial charge is 0.244 e. The van der Waals surface area contributed by atoms with Crippen LogP contribution in [0.1, 0.15) is 57.2 Å². The highest BCUT2D eigenvalue weighted by Gasteiger charge is 2.49. The molecule has 4 atom stereocenters. The number of hydrogen-bond donors (Lipinski definition) is 8. The van der Waals surface area contributed by atoms with Crippen LogP contribution in [0, 0.1) is 11.8 Å². The van der Waals surface area contributed by atoms with E-state index in [4.69, 9.17) is 28.7 Å². The molecule has 0 bridgehead atoms. The van der Waals surface area contributed by atoms with E-state index in [0.29, 0.717) is 25.0 Å². The Bertz CT molecular complexity index is 1220. The molecule has 0 radical (unpaired) electrons. The Morgan fingerprint density at radius 3 is 2.23 bits per heavy atom. The number of carbonyl (C=O) groups excluding carboxylic acids is 4. The number of imidazole rings is 1. The van der Waals surface area contributed by atoms with E-state index in [1.54, 1.807) is 0 Å². The first-order chi connectivity index (χ1) is 20.4. The van der Waals surface area contributed by atoms with Gasteiger partial charge in [0.05, 0.1) is 18.3 Å². The number of hydrogen-bond acceptors (Lipinski definition) is 7. The summed E-state index contributed by atoms with van der Waals surface area (Å²) in [5, 5.41) is 5.46. The highest BCUT2D eigenvalue weighted by atomic mass is 16.2. The lowest BCUT2D eigenvalue weighted by molar-refractivity contribution is -0.140. The second kappa shape index (κ2) is 16.9. The van der Waals surface area contributed by atoms with Crippen LogP contribution in [-0.4, -0.2) is 63.7 Å². The topological polar surface area (TPSA) is 263 Å². The number of guanidine groups is 1. The van der Waals surface area contributed by atoms with E-state index in [1.807, 2.05) is 44.2 Å². The van der Waals surface area contributed by atoms with E-state index in [1.165, 1.54) is 12.5 Å². The lowest BCUT2D eigenvalue weighted by atomic mass is 9.75. The normalized spacial score (nSPS) is 14.6. The third-order valence-electron chi connectivity index (χ3n) is 7.27. The molecule has 2 rings (SSSR count). The van der Waals surface area contributed by atoms with Crippen LogP contribution in [0.2, 0.25) is 0 Å². The van der Waals surface area contributed by atoms with Gasteiger partial charge in [-0.15, -0.1) is 0 Å². The molecule has 0 aliphatic rings. The van der Waals surface area contributed by atoms with Gasteiger partial charge in [-0.1, -0.05) is 57.0 Å². The van der Waals surface area contributed by atoms with Crippen molar-refractivity contribution >= 4 is 29.6 Å². The lowest BCUT2D eigenvalue weighted by Gasteiger charge is -2.38. The largest absolute Gasteiger partial charge is 0.370 e. The molecule has 0 spiro atoms. The third-order valence-corrected chi connectivity index (χ3v) is 7.27. The van der Waals surface area contributed by atoms with Gasteiger partial charge in [-0.3, -0.25) is 24.2 Å². The Balaban J connectivity index is 2.40. The highest BCUT2D eigenvalue weighted by molar-refractivity contribution is 5.98. The number of aliphatic imine (C=N–C) groups is 1. The van der Waals surface area contributed by atoms with Gasteiger partial charge in [-0.05, 0) is 37.2 Å².